The zero-order valence-electron chi connectivity index (χ0n) is 9.32. The number of nitrogens with two attached hydrogens (primary N) is 1. The van der Waals surface area contributed by atoms with Gasteiger partial charge in [-0.05, 0) is 19.1 Å². The first-order valence-corrected chi connectivity index (χ1v) is 5.76. The maximum absolute atomic E-state index is 5.70. The maximum Gasteiger partial charge on any atom is 0.136 e. The molecule has 1 aromatic carbocycles. The first-order valence-electron chi connectivity index (χ1n) is 4.77. The van der Waals surface area contributed by atoms with E-state index in [0.29, 0.717) is 0 Å². The summed E-state index contributed by atoms with van der Waals surface area (Å²) in [4.78, 5) is 1.09. The highest BCUT2D eigenvalue weighted by Gasteiger charge is 2.06. The van der Waals surface area contributed by atoms with Crippen LogP contribution in [0.4, 0.5) is 0 Å². The third kappa shape index (κ3) is 3.64. The van der Waals surface area contributed by atoms with Crippen molar-refractivity contribution < 1.29 is 9.47 Å². The van der Waals surface area contributed by atoms with Crippen LogP contribution in [0.2, 0.25) is 0 Å². The van der Waals surface area contributed by atoms with Crippen LogP contribution in [0.25, 0.3) is 0 Å². The van der Waals surface area contributed by atoms with Crippen molar-refractivity contribution in [1.82, 2.24) is 0 Å². The second-order valence-electron chi connectivity index (χ2n) is 3.31. The predicted octanol–water partition coefficient (Wildman–Crippen LogP) is 2.14. The normalized spacial score (nSPS) is 12.3. The van der Waals surface area contributed by atoms with Gasteiger partial charge in [0.1, 0.15) is 11.5 Å². The third-order valence-corrected chi connectivity index (χ3v) is 3.21. The Kier molecular flexibility index (Phi) is 4.78. The van der Waals surface area contributed by atoms with Gasteiger partial charge in [-0.2, -0.15) is 0 Å². The van der Waals surface area contributed by atoms with E-state index in [0.717, 1.165) is 22.1 Å². The largest absolute Gasteiger partial charge is 0.497 e. The molecule has 0 aliphatic rings. The van der Waals surface area contributed by atoms with Crippen LogP contribution in [-0.4, -0.2) is 26.0 Å². The molecule has 0 radical (unpaired) electrons. The second-order valence-corrected chi connectivity index (χ2v) is 4.37. The molecule has 0 heterocycles. The van der Waals surface area contributed by atoms with Crippen LogP contribution in [0.3, 0.4) is 0 Å². The lowest BCUT2D eigenvalue weighted by atomic mass is 10.3. The van der Waals surface area contributed by atoms with Gasteiger partial charge in [0.25, 0.3) is 0 Å². The number of hydrogen-bond acceptors (Lipinski definition) is 4. The minimum absolute atomic E-state index is 0.182. The summed E-state index contributed by atoms with van der Waals surface area (Å²) in [7, 11) is 3.30. The Morgan fingerprint density at radius 3 is 2.60 bits per heavy atom. The van der Waals surface area contributed by atoms with Crippen LogP contribution < -0.4 is 15.2 Å². The van der Waals surface area contributed by atoms with Gasteiger partial charge in [0, 0.05) is 22.8 Å². The highest BCUT2D eigenvalue weighted by Crippen LogP contribution is 2.32. The van der Waals surface area contributed by atoms with E-state index in [4.69, 9.17) is 15.2 Å². The molecule has 0 saturated heterocycles. The summed E-state index contributed by atoms with van der Waals surface area (Å²) in [6, 6.07) is 5.97. The molecule has 0 saturated carbocycles. The molecule has 1 aromatic rings. The van der Waals surface area contributed by atoms with Crippen molar-refractivity contribution in [3.8, 4) is 11.5 Å². The fraction of sp³-hybridized carbons (Fsp3) is 0.455. The number of methoxy groups -OCH3 is 2. The van der Waals surface area contributed by atoms with Gasteiger partial charge in [-0.3, -0.25) is 0 Å². The first kappa shape index (κ1) is 12.2. The van der Waals surface area contributed by atoms with Gasteiger partial charge in [-0.1, -0.05) is 0 Å². The zero-order chi connectivity index (χ0) is 11.3. The molecule has 84 valence electrons. The summed E-state index contributed by atoms with van der Waals surface area (Å²) < 4.78 is 10.4. The van der Waals surface area contributed by atoms with E-state index in [1.807, 2.05) is 25.1 Å². The Hall–Kier alpha value is -0.870. The van der Waals surface area contributed by atoms with Crippen LogP contribution in [0.5, 0.6) is 11.5 Å². The molecular formula is C11H17NO2S. The molecule has 0 aromatic heterocycles. The number of thioether (sulfide) groups is 1. The Bertz CT molecular complexity index is 315. The van der Waals surface area contributed by atoms with Crippen molar-refractivity contribution in [3.05, 3.63) is 18.2 Å². The Morgan fingerprint density at radius 1 is 1.33 bits per heavy atom. The van der Waals surface area contributed by atoms with Gasteiger partial charge in [0.05, 0.1) is 14.2 Å². The molecule has 0 fully saturated rings. The van der Waals surface area contributed by atoms with Crippen LogP contribution in [-0.2, 0) is 0 Å². The molecule has 0 amide bonds. The smallest absolute Gasteiger partial charge is 0.136 e. The summed E-state index contributed by atoms with van der Waals surface area (Å²) in [5.74, 6) is 2.51. The van der Waals surface area contributed by atoms with E-state index < -0.39 is 0 Å². The topological polar surface area (TPSA) is 44.5 Å². The Labute approximate surface area is 94.9 Å². The molecule has 0 aliphatic heterocycles. The quantitative estimate of drug-likeness (QED) is 0.783. The third-order valence-electron chi connectivity index (χ3n) is 1.87. The van der Waals surface area contributed by atoms with Gasteiger partial charge >= 0.3 is 0 Å². The number of benzene rings is 1. The van der Waals surface area contributed by atoms with Crippen molar-refractivity contribution in [2.24, 2.45) is 5.73 Å². The van der Waals surface area contributed by atoms with Crippen LogP contribution in [0, 0.1) is 0 Å². The summed E-state index contributed by atoms with van der Waals surface area (Å²) in [6.45, 7) is 1.99. The van der Waals surface area contributed by atoms with Gasteiger partial charge in [0.15, 0.2) is 0 Å². The first-order chi connectivity index (χ1) is 7.17. The van der Waals surface area contributed by atoms with E-state index in [9.17, 15) is 0 Å². The highest BCUT2D eigenvalue weighted by molar-refractivity contribution is 7.99. The molecule has 2 N–H and O–H groups in total. The summed E-state index contributed by atoms with van der Waals surface area (Å²) in [5.41, 5.74) is 5.70. The molecule has 4 heteroatoms. The average Bonchev–Trinajstić information content (AvgIpc) is 2.25. The lowest BCUT2D eigenvalue weighted by molar-refractivity contribution is 0.387. The zero-order valence-corrected chi connectivity index (χ0v) is 10.1. The van der Waals surface area contributed by atoms with E-state index in [1.54, 1.807) is 26.0 Å². The van der Waals surface area contributed by atoms with Crippen molar-refractivity contribution in [3.63, 3.8) is 0 Å². The fourth-order valence-electron chi connectivity index (χ4n) is 1.12. The maximum atomic E-state index is 5.70. The minimum atomic E-state index is 0.182. The molecule has 1 unspecified atom stereocenters. The monoisotopic (exact) mass is 227 g/mol. The lowest BCUT2D eigenvalue weighted by Gasteiger charge is -2.10. The standard InChI is InChI=1S/C11H17NO2S/c1-8(12)7-15-11-5-4-9(13-2)6-10(11)14-3/h4-6,8H,7,12H2,1-3H3. The minimum Gasteiger partial charge on any atom is -0.497 e. The Balaban J connectivity index is 2.78. The SMILES string of the molecule is COc1ccc(SCC(C)N)c(OC)c1. The highest BCUT2D eigenvalue weighted by atomic mass is 32.2. The molecule has 1 atom stereocenters. The Morgan fingerprint density at radius 2 is 2.07 bits per heavy atom. The molecule has 1 rings (SSSR count). The van der Waals surface area contributed by atoms with E-state index >= 15 is 0 Å². The summed E-state index contributed by atoms with van der Waals surface area (Å²) in [6.07, 6.45) is 0. The van der Waals surface area contributed by atoms with E-state index in [2.05, 4.69) is 0 Å². The van der Waals surface area contributed by atoms with E-state index in [-0.39, 0.29) is 6.04 Å². The molecule has 0 bridgehead atoms. The van der Waals surface area contributed by atoms with E-state index in [1.165, 1.54) is 0 Å². The molecule has 0 spiro atoms. The van der Waals surface area contributed by atoms with Crippen molar-refractivity contribution >= 4 is 11.8 Å². The van der Waals surface area contributed by atoms with Crippen molar-refractivity contribution in [1.29, 1.82) is 0 Å². The summed E-state index contributed by atoms with van der Waals surface area (Å²) >= 11 is 1.69. The van der Waals surface area contributed by atoms with Gasteiger partial charge in [-0.15, -0.1) is 11.8 Å². The van der Waals surface area contributed by atoms with Crippen LogP contribution in [0.1, 0.15) is 6.92 Å². The van der Waals surface area contributed by atoms with Gasteiger partial charge in [0.2, 0.25) is 0 Å². The van der Waals surface area contributed by atoms with Gasteiger partial charge < -0.3 is 15.2 Å². The van der Waals surface area contributed by atoms with Crippen molar-refractivity contribution in [2.75, 3.05) is 20.0 Å². The van der Waals surface area contributed by atoms with Crippen molar-refractivity contribution in [2.45, 2.75) is 17.9 Å². The molecule has 15 heavy (non-hydrogen) atoms. The number of ether oxygens (including phenoxy) is 2. The summed E-state index contributed by atoms with van der Waals surface area (Å²) in [5, 5.41) is 0. The molecular weight excluding hydrogens is 210 g/mol. The predicted molar refractivity (Wildman–Crippen MR) is 63.9 cm³/mol. The average molecular weight is 227 g/mol. The lowest BCUT2D eigenvalue weighted by Crippen LogP contribution is -2.17. The number of rotatable bonds is 5. The van der Waals surface area contributed by atoms with Crippen LogP contribution >= 0.6 is 11.8 Å². The fourth-order valence-corrected chi connectivity index (χ4v) is 2.01. The molecule has 0 aliphatic carbocycles. The van der Waals surface area contributed by atoms with Crippen LogP contribution in [0.15, 0.2) is 23.1 Å². The second kappa shape index (κ2) is 5.88. The molecule has 3 nitrogen and oxygen atoms in total. The number of hydrogen-bond donors (Lipinski definition) is 1. The van der Waals surface area contributed by atoms with Gasteiger partial charge in [-0.25, -0.2) is 0 Å².